The number of hydrogen-bond acceptors (Lipinski definition) is 4. The van der Waals surface area contributed by atoms with E-state index in [2.05, 4.69) is 9.82 Å². The molecule has 0 radical (unpaired) electrons. The first-order valence-corrected chi connectivity index (χ1v) is 9.68. The minimum Gasteiger partial charge on any atom is -0.247 e. The molecule has 2 aromatic rings. The molecule has 0 unspecified atom stereocenters. The Bertz CT molecular complexity index is 864. The third-order valence-electron chi connectivity index (χ3n) is 4.07. The van der Waals surface area contributed by atoms with Gasteiger partial charge in [0.25, 0.3) is 0 Å². The number of nitrogens with one attached hydrogen (secondary N) is 1. The van der Waals surface area contributed by atoms with Crippen LogP contribution in [0.2, 0.25) is 0 Å². The Morgan fingerprint density at radius 2 is 1.92 bits per heavy atom. The van der Waals surface area contributed by atoms with E-state index in [4.69, 9.17) is 0 Å². The molecular formula is C16H22N4O3S. The molecule has 0 atom stereocenters. The van der Waals surface area contributed by atoms with Gasteiger partial charge in [-0.3, -0.25) is 0 Å². The summed E-state index contributed by atoms with van der Waals surface area (Å²) in [6, 6.07) is 9.41. The van der Waals surface area contributed by atoms with Crippen LogP contribution in [0, 0.1) is 0 Å². The first-order valence-electron chi connectivity index (χ1n) is 8.14. The highest BCUT2D eigenvalue weighted by molar-refractivity contribution is 7.90. The Morgan fingerprint density at radius 1 is 1.25 bits per heavy atom. The van der Waals surface area contributed by atoms with Crippen LogP contribution in [0.4, 0.5) is 0 Å². The topological polar surface area (TPSA) is 86.0 Å². The van der Waals surface area contributed by atoms with Crippen molar-refractivity contribution in [2.75, 3.05) is 6.54 Å². The third-order valence-corrected chi connectivity index (χ3v) is 5.92. The first-order chi connectivity index (χ1) is 11.4. The van der Waals surface area contributed by atoms with Crippen molar-refractivity contribution in [3.05, 3.63) is 46.6 Å². The van der Waals surface area contributed by atoms with Crippen LogP contribution in [0.5, 0.6) is 0 Å². The summed E-state index contributed by atoms with van der Waals surface area (Å²) in [5, 5.41) is 3.94. The van der Waals surface area contributed by atoms with Crippen LogP contribution in [-0.4, -0.2) is 34.6 Å². The largest absolute Gasteiger partial charge is 0.350 e. The number of para-hydroxylation sites is 1. The van der Waals surface area contributed by atoms with Crippen LogP contribution in [-0.2, 0) is 16.6 Å². The predicted molar refractivity (Wildman–Crippen MR) is 91.9 cm³/mol. The Balaban J connectivity index is 1.84. The predicted octanol–water partition coefficient (Wildman–Crippen LogP) is 1.24. The minimum absolute atomic E-state index is 0.149. The van der Waals surface area contributed by atoms with Gasteiger partial charge < -0.3 is 0 Å². The molecule has 0 aliphatic heterocycles. The van der Waals surface area contributed by atoms with Crippen molar-refractivity contribution in [3.8, 4) is 5.69 Å². The lowest BCUT2D eigenvalue weighted by Gasteiger charge is -2.08. The Morgan fingerprint density at radius 3 is 2.50 bits per heavy atom. The van der Waals surface area contributed by atoms with Crippen molar-refractivity contribution < 1.29 is 8.42 Å². The van der Waals surface area contributed by atoms with Gasteiger partial charge in [-0.25, -0.2) is 27.2 Å². The van der Waals surface area contributed by atoms with E-state index in [1.54, 1.807) is 18.4 Å². The molecule has 1 fully saturated rings. The number of nitrogens with zero attached hydrogens (tertiary/aromatic N) is 3. The van der Waals surface area contributed by atoms with Gasteiger partial charge in [-0.1, -0.05) is 18.2 Å². The van der Waals surface area contributed by atoms with Crippen molar-refractivity contribution in [2.24, 2.45) is 0 Å². The standard InChI is InChI=1S/C16H22N4O3S/c1-12(2)24(22,23)17-10-11-19-16(21)20(14-6-4-3-5-7-14)15(18-19)13-8-9-13/h3-7,12-13,17H,8-11H2,1-2H3. The molecule has 1 aliphatic rings. The highest BCUT2D eigenvalue weighted by atomic mass is 32.2. The first kappa shape index (κ1) is 16.9. The Labute approximate surface area is 141 Å². The third kappa shape index (κ3) is 3.44. The summed E-state index contributed by atoms with van der Waals surface area (Å²) in [4.78, 5) is 12.7. The second-order valence-corrected chi connectivity index (χ2v) is 8.62. The van der Waals surface area contributed by atoms with E-state index in [9.17, 15) is 13.2 Å². The molecular weight excluding hydrogens is 328 g/mol. The lowest BCUT2D eigenvalue weighted by Crippen LogP contribution is -2.35. The van der Waals surface area contributed by atoms with Crippen molar-refractivity contribution in [1.29, 1.82) is 0 Å². The molecule has 1 N–H and O–H groups in total. The van der Waals surface area contributed by atoms with Crippen LogP contribution in [0.3, 0.4) is 0 Å². The molecule has 1 aliphatic carbocycles. The van der Waals surface area contributed by atoms with Crippen LogP contribution < -0.4 is 10.4 Å². The van der Waals surface area contributed by atoms with E-state index in [1.807, 2.05) is 30.3 Å². The van der Waals surface area contributed by atoms with Crippen LogP contribution in [0.15, 0.2) is 35.1 Å². The number of hydrogen-bond donors (Lipinski definition) is 1. The summed E-state index contributed by atoms with van der Waals surface area (Å²) in [6.07, 6.45) is 2.06. The maximum Gasteiger partial charge on any atom is 0.350 e. The highest BCUT2D eigenvalue weighted by Gasteiger charge is 2.31. The summed E-state index contributed by atoms with van der Waals surface area (Å²) in [7, 11) is -3.34. The molecule has 1 saturated carbocycles. The molecule has 0 bridgehead atoms. The molecule has 1 heterocycles. The highest BCUT2D eigenvalue weighted by Crippen LogP contribution is 2.39. The molecule has 0 spiro atoms. The summed E-state index contributed by atoms with van der Waals surface area (Å²) < 4.78 is 29.1. The second-order valence-electron chi connectivity index (χ2n) is 6.30. The van der Waals surface area contributed by atoms with E-state index in [0.29, 0.717) is 5.92 Å². The van der Waals surface area contributed by atoms with Gasteiger partial charge in [-0.05, 0) is 38.8 Å². The van der Waals surface area contributed by atoms with Gasteiger partial charge in [0.1, 0.15) is 5.82 Å². The smallest absolute Gasteiger partial charge is 0.247 e. The summed E-state index contributed by atoms with van der Waals surface area (Å²) in [6.45, 7) is 3.59. The van der Waals surface area contributed by atoms with Crippen LogP contribution in [0.1, 0.15) is 38.4 Å². The molecule has 1 aromatic heterocycles. The van der Waals surface area contributed by atoms with E-state index >= 15 is 0 Å². The van der Waals surface area contributed by atoms with Crippen molar-refractivity contribution in [3.63, 3.8) is 0 Å². The molecule has 0 saturated heterocycles. The van der Waals surface area contributed by atoms with Gasteiger partial charge >= 0.3 is 5.69 Å². The molecule has 7 nitrogen and oxygen atoms in total. The lowest BCUT2D eigenvalue weighted by molar-refractivity contribution is 0.545. The fourth-order valence-electron chi connectivity index (χ4n) is 2.46. The molecule has 0 amide bonds. The SMILES string of the molecule is CC(C)S(=O)(=O)NCCn1nc(C2CC2)n(-c2ccccc2)c1=O. The van der Waals surface area contributed by atoms with Gasteiger partial charge in [0.05, 0.1) is 17.5 Å². The van der Waals surface area contributed by atoms with Crippen molar-refractivity contribution in [1.82, 2.24) is 19.1 Å². The Kier molecular flexibility index (Phi) is 4.60. The van der Waals surface area contributed by atoms with Crippen molar-refractivity contribution >= 4 is 10.0 Å². The zero-order valence-corrected chi connectivity index (χ0v) is 14.7. The molecule has 1 aromatic carbocycles. The fraction of sp³-hybridized carbons (Fsp3) is 0.500. The minimum atomic E-state index is -3.34. The van der Waals surface area contributed by atoms with E-state index in [1.165, 1.54) is 4.68 Å². The fourth-order valence-corrected chi connectivity index (χ4v) is 3.17. The summed E-state index contributed by atoms with van der Waals surface area (Å²) in [5.41, 5.74) is 0.560. The molecule has 24 heavy (non-hydrogen) atoms. The van der Waals surface area contributed by atoms with Crippen LogP contribution in [0.25, 0.3) is 5.69 Å². The van der Waals surface area contributed by atoms with E-state index in [0.717, 1.165) is 24.4 Å². The summed E-state index contributed by atoms with van der Waals surface area (Å²) in [5.74, 6) is 1.07. The number of benzene rings is 1. The van der Waals surface area contributed by atoms with Gasteiger partial charge in [0.2, 0.25) is 10.0 Å². The van der Waals surface area contributed by atoms with E-state index < -0.39 is 15.3 Å². The quantitative estimate of drug-likeness (QED) is 0.814. The average molecular weight is 350 g/mol. The average Bonchev–Trinajstić information content (AvgIpc) is 3.33. The van der Waals surface area contributed by atoms with E-state index in [-0.39, 0.29) is 18.8 Å². The van der Waals surface area contributed by atoms with Crippen LogP contribution >= 0.6 is 0 Å². The zero-order valence-electron chi connectivity index (χ0n) is 13.8. The van der Waals surface area contributed by atoms with Crippen molar-refractivity contribution in [2.45, 2.75) is 44.4 Å². The number of aromatic nitrogens is 3. The van der Waals surface area contributed by atoms with Gasteiger partial charge in [-0.15, -0.1) is 0 Å². The lowest BCUT2D eigenvalue weighted by atomic mass is 10.3. The monoisotopic (exact) mass is 350 g/mol. The zero-order chi connectivity index (χ0) is 17.3. The normalized spacial score (nSPS) is 15.1. The van der Waals surface area contributed by atoms with Gasteiger partial charge in [0, 0.05) is 12.5 Å². The molecule has 8 heteroatoms. The second kappa shape index (κ2) is 6.52. The Hall–Kier alpha value is -1.93. The summed E-state index contributed by atoms with van der Waals surface area (Å²) >= 11 is 0. The molecule has 3 rings (SSSR count). The molecule has 130 valence electrons. The maximum absolute atomic E-state index is 12.7. The number of rotatable bonds is 7. The maximum atomic E-state index is 12.7. The van der Waals surface area contributed by atoms with Gasteiger partial charge in [-0.2, -0.15) is 5.10 Å². The van der Waals surface area contributed by atoms with Gasteiger partial charge in [0.15, 0.2) is 0 Å². The number of sulfonamides is 1.